The highest BCUT2D eigenvalue weighted by atomic mass is 19.4. The zero-order chi connectivity index (χ0) is 21.2. The number of furan rings is 1. The van der Waals surface area contributed by atoms with E-state index in [4.69, 9.17) is 4.42 Å². The molecule has 2 aromatic rings. The summed E-state index contributed by atoms with van der Waals surface area (Å²) in [5.74, 6) is 0.779. The molecule has 3 heterocycles. The van der Waals surface area contributed by atoms with Gasteiger partial charge in [-0.15, -0.1) is 0 Å². The Morgan fingerprint density at radius 1 is 1.34 bits per heavy atom. The van der Waals surface area contributed by atoms with Crippen LogP contribution in [0.4, 0.5) is 13.2 Å². The summed E-state index contributed by atoms with van der Waals surface area (Å²) in [7, 11) is 0. The fourth-order valence-electron chi connectivity index (χ4n) is 3.42. The van der Waals surface area contributed by atoms with Gasteiger partial charge in [0.25, 0.3) is 0 Å². The Morgan fingerprint density at radius 3 is 2.79 bits per heavy atom. The molecule has 0 spiro atoms. The Balaban J connectivity index is 1.71. The van der Waals surface area contributed by atoms with Crippen LogP contribution in [0.1, 0.15) is 25.3 Å². The number of carbonyl (C=O) groups excluding carboxylic acids is 1. The maximum atomic E-state index is 12.4. The van der Waals surface area contributed by atoms with Crippen molar-refractivity contribution >= 4 is 5.91 Å². The third kappa shape index (κ3) is 5.16. The van der Waals surface area contributed by atoms with Crippen LogP contribution in [-0.2, 0) is 10.3 Å². The summed E-state index contributed by atoms with van der Waals surface area (Å²) in [5, 5.41) is 4.94. The number of carbonyl (C=O) groups is 1. The van der Waals surface area contributed by atoms with E-state index in [1.807, 2.05) is 55.3 Å². The predicted octanol–water partition coefficient (Wildman–Crippen LogP) is 2.84. The minimum Gasteiger partial charge on any atom is -0.459 e. The van der Waals surface area contributed by atoms with E-state index in [-0.39, 0.29) is 6.54 Å². The van der Waals surface area contributed by atoms with Crippen LogP contribution in [0.2, 0.25) is 0 Å². The number of alkyl halides is 3. The Labute approximate surface area is 167 Å². The molecule has 0 aromatic carbocycles. The molecule has 0 unspecified atom stereocenters. The van der Waals surface area contributed by atoms with Gasteiger partial charge >= 0.3 is 6.18 Å². The lowest BCUT2D eigenvalue weighted by Gasteiger charge is -2.42. The number of nitrogens with zero attached hydrogens (tertiary/aromatic N) is 2. The number of halogens is 3. The summed E-state index contributed by atoms with van der Waals surface area (Å²) in [6, 6.07) is 6.87. The number of aromatic nitrogens is 1. The summed E-state index contributed by atoms with van der Waals surface area (Å²) in [6.45, 7) is 5.93. The van der Waals surface area contributed by atoms with E-state index in [2.05, 4.69) is 10.3 Å². The van der Waals surface area contributed by atoms with Crippen molar-refractivity contribution in [2.75, 3.05) is 26.2 Å². The number of rotatable bonds is 5. The van der Waals surface area contributed by atoms with Crippen molar-refractivity contribution in [2.24, 2.45) is 0 Å². The smallest absolute Gasteiger partial charge is 0.405 e. The standard InChI is InChI=1S/C20H25F3N4O2/c1-13-10-14(6-7-24-13)16-4-5-17(29-16)19(2,3)27-9-8-25-15(11-27)18(28)26-12-20(21,22)23/h4-7,10,15,25H,8-9,11-12H2,1-3H3,(H,26,28)/t15-/m0/s1. The molecule has 2 N–H and O–H groups in total. The van der Waals surface area contributed by atoms with Gasteiger partial charge in [-0.2, -0.15) is 13.2 Å². The van der Waals surface area contributed by atoms with Crippen molar-refractivity contribution in [2.45, 2.75) is 38.5 Å². The first kappa shape index (κ1) is 21.3. The molecule has 1 atom stereocenters. The summed E-state index contributed by atoms with van der Waals surface area (Å²) in [5.41, 5.74) is 1.27. The Morgan fingerprint density at radius 2 is 2.10 bits per heavy atom. The van der Waals surface area contributed by atoms with Gasteiger partial charge in [-0.1, -0.05) is 0 Å². The van der Waals surface area contributed by atoms with Crippen molar-refractivity contribution in [1.82, 2.24) is 20.5 Å². The van der Waals surface area contributed by atoms with Gasteiger partial charge in [-0.3, -0.25) is 14.7 Å². The fourth-order valence-corrected chi connectivity index (χ4v) is 3.42. The number of aryl methyl sites for hydroxylation is 1. The minimum atomic E-state index is -4.43. The van der Waals surface area contributed by atoms with Gasteiger partial charge in [-0.05, 0) is 45.0 Å². The Bertz CT molecular complexity index is 863. The van der Waals surface area contributed by atoms with Gasteiger partial charge in [0.05, 0.1) is 11.6 Å². The molecule has 1 fully saturated rings. The maximum absolute atomic E-state index is 12.4. The maximum Gasteiger partial charge on any atom is 0.405 e. The molecule has 0 aliphatic carbocycles. The van der Waals surface area contributed by atoms with E-state index in [9.17, 15) is 18.0 Å². The number of hydrogen-bond acceptors (Lipinski definition) is 5. The van der Waals surface area contributed by atoms with E-state index < -0.39 is 30.2 Å². The van der Waals surface area contributed by atoms with Crippen molar-refractivity contribution in [1.29, 1.82) is 0 Å². The van der Waals surface area contributed by atoms with E-state index >= 15 is 0 Å². The van der Waals surface area contributed by atoms with Crippen LogP contribution >= 0.6 is 0 Å². The molecule has 1 amide bonds. The van der Waals surface area contributed by atoms with E-state index in [1.54, 1.807) is 6.20 Å². The molecule has 3 rings (SSSR count). The van der Waals surface area contributed by atoms with Crippen molar-refractivity contribution in [3.63, 3.8) is 0 Å². The van der Waals surface area contributed by atoms with Crippen molar-refractivity contribution in [3.05, 3.63) is 41.9 Å². The lowest BCUT2D eigenvalue weighted by molar-refractivity contribution is -0.140. The van der Waals surface area contributed by atoms with Gasteiger partial charge in [0.15, 0.2) is 0 Å². The second-order valence-electron chi connectivity index (χ2n) is 7.69. The van der Waals surface area contributed by atoms with Gasteiger partial charge < -0.3 is 15.1 Å². The van der Waals surface area contributed by atoms with Crippen molar-refractivity contribution < 1.29 is 22.4 Å². The number of hydrogen-bond donors (Lipinski definition) is 2. The number of amides is 1. The molecule has 1 aliphatic heterocycles. The Kier molecular flexibility index (Phi) is 6.00. The molecule has 9 heteroatoms. The summed E-state index contributed by atoms with van der Waals surface area (Å²) in [4.78, 5) is 18.4. The second kappa shape index (κ2) is 8.16. The third-order valence-electron chi connectivity index (χ3n) is 5.14. The lowest BCUT2D eigenvalue weighted by Crippen LogP contribution is -2.61. The molecule has 0 saturated carbocycles. The molecule has 0 bridgehead atoms. The highest BCUT2D eigenvalue weighted by Crippen LogP contribution is 2.33. The largest absolute Gasteiger partial charge is 0.459 e. The van der Waals surface area contributed by atoms with Crippen LogP contribution in [0.25, 0.3) is 11.3 Å². The van der Waals surface area contributed by atoms with E-state index in [1.165, 1.54) is 0 Å². The first-order valence-corrected chi connectivity index (χ1v) is 9.42. The average molecular weight is 410 g/mol. The van der Waals surface area contributed by atoms with Gasteiger partial charge in [-0.25, -0.2) is 0 Å². The fraction of sp³-hybridized carbons (Fsp3) is 0.500. The normalized spacial score (nSPS) is 18.6. The highest BCUT2D eigenvalue weighted by Gasteiger charge is 2.38. The summed E-state index contributed by atoms with van der Waals surface area (Å²) >= 11 is 0. The second-order valence-corrected chi connectivity index (χ2v) is 7.69. The van der Waals surface area contributed by atoms with Gasteiger partial charge in [0.2, 0.25) is 5.91 Å². The first-order valence-electron chi connectivity index (χ1n) is 9.42. The SMILES string of the molecule is Cc1cc(-c2ccc(C(C)(C)N3CCN[C@H](C(=O)NCC(F)(F)F)C3)o2)ccn1. The van der Waals surface area contributed by atoms with Crippen LogP contribution < -0.4 is 10.6 Å². The molecule has 158 valence electrons. The molecular formula is C20H25F3N4O2. The van der Waals surface area contributed by atoms with Crippen LogP contribution in [-0.4, -0.2) is 54.2 Å². The molecule has 0 radical (unpaired) electrons. The van der Waals surface area contributed by atoms with E-state index in [0.717, 1.165) is 17.0 Å². The topological polar surface area (TPSA) is 70.4 Å². The highest BCUT2D eigenvalue weighted by molar-refractivity contribution is 5.82. The molecular weight excluding hydrogens is 385 g/mol. The number of nitrogens with one attached hydrogen (secondary N) is 2. The molecule has 2 aromatic heterocycles. The minimum absolute atomic E-state index is 0.279. The summed E-state index contributed by atoms with van der Waals surface area (Å²) < 4.78 is 43.2. The monoisotopic (exact) mass is 410 g/mol. The number of piperazine rings is 1. The zero-order valence-electron chi connectivity index (χ0n) is 16.6. The molecule has 6 nitrogen and oxygen atoms in total. The predicted molar refractivity (Wildman–Crippen MR) is 102 cm³/mol. The Hall–Kier alpha value is -2.39. The number of pyridine rings is 1. The first-order chi connectivity index (χ1) is 13.6. The van der Waals surface area contributed by atoms with Crippen LogP contribution in [0.5, 0.6) is 0 Å². The van der Waals surface area contributed by atoms with Crippen molar-refractivity contribution in [3.8, 4) is 11.3 Å². The lowest BCUT2D eigenvalue weighted by atomic mass is 9.97. The average Bonchev–Trinajstić information content (AvgIpc) is 3.17. The van der Waals surface area contributed by atoms with Gasteiger partial charge in [0, 0.05) is 37.1 Å². The van der Waals surface area contributed by atoms with E-state index in [0.29, 0.717) is 18.8 Å². The zero-order valence-corrected chi connectivity index (χ0v) is 16.6. The van der Waals surface area contributed by atoms with Crippen LogP contribution in [0.15, 0.2) is 34.9 Å². The summed E-state index contributed by atoms with van der Waals surface area (Å²) in [6.07, 6.45) is -2.71. The molecule has 1 aliphatic rings. The third-order valence-corrected chi connectivity index (χ3v) is 5.14. The van der Waals surface area contributed by atoms with Gasteiger partial charge in [0.1, 0.15) is 18.1 Å². The quantitative estimate of drug-likeness (QED) is 0.793. The van der Waals surface area contributed by atoms with Crippen LogP contribution in [0, 0.1) is 6.92 Å². The molecule has 29 heavy (non-hydrogen) atoms. The van der Waals surface area contributed by atoms with Crippen LogP contribution in [0.3, 0.4) is 0 Å². The molecule has 1 saturated heterocycles.